The largest absolute Gasteiger partial charge is 0.297 e. The molecule has 19 heavy (non-hydrogen) atoms. The smallest absolute Gasteiger partial charge is 0.208 e. The van der Waals surface area contributed by atoms with Crippen molar-refractivity contribution in [3.05, 3.63) is 35.6 Å². The summed E-state index contributed by atoms with van der Waals surface area (Å²) in [5, 5.41) is 0. The molecule has 6 heteroatoms. The molecule has 1 heterocycles. The fourth-order valence-corrected chi connectivity index (χ4v) is 3.29. The van der Waals surface area contributed by atoms with Gasteiger partial charge in [-0.3, -0.25) is 4.90 Å². The van der Waals surface area contributed by atoms with Gasteiger partial charge in [0.15, 0.2) is 0 Å². The molecule has 1 aliphatic heterocycles. The Bertz CT molecular complexity index is 533. The van der Waals surface area contributed by atoms with Gasteiger partial charge in [-0.1, -0.05) is 12.1 Å². The summed E-state index contributed by atoms with van der Waals surface area (Å²) in [5.41, 5.74) is 0.917. The van der Waals surface area contributed by atoms with Crippen LogP contribution in [0.15, 0.2) is 24.3 Å². The van der Waals surface area contributed by atoms with Crippen molar-refractivity contribution in [2.24, 2.45) is 0 Å². The van der Waals surface area contributed by atoms with E-state index in [9.17, 15) is 12.8 Å². The van der Waals surface area contributed by atoms with Gasteiger partial charge in [-0.25, -0.2) is 17.5 Å². The van der Waals surface area contributed by atoms with Gasteiger partial charge in [0.25, 0.3) is 0 Å². The van der Waals surface area contributed by atoms with E-state index >= 15 is 0 Å². The Morgan fingerprint density at radius 2 is 2.26 bits per heavy atom. The third-order valence-electron chi connectivity index (χ3n) is 3.18. The molecule has 106 valence electrons. The molecule has 0 amide bonds. The van der Waals surface area contributed by atoms with Crippen LogP contribution in [-0.2, 0) is 16.6 Å². The molecule has 1 aromatic rings. The van der Waals surface area contributed by atoms with Crippen molar-refractivity contribution >= 4 is 10.0 Å². The number of benzene rings is 1. The van der Waals surface area contributed by atoms with Crippen LogP contribution >= 0.6 is 0 Å². The van der Waals surface area contributed by atoms with E-state index in [1.807, 2.05) is 6.07 Å². The van der Waals surface area contributed by atoms with Crippen LogP contribution in [0.25, 0.3) is 0 Å². The van der Waals surface area contributed by atoms with E-state index in [2.05, 4.69) is 9.62 Å². The quantitative estimate of drug-likeness (QED) is 0.908. The van der Waals surface area contributed by atoms with E-state index in [1.54, 1.807) is 6.07 Å². The molecule has 1 atom stereocenters. The van der Waals surface area contributed by atoms with E-state index in [0.717, 1.165) is 24.9 Å². The molecule has 0 bridgehead atoms. The number of halogens is 1. The minimum Gasteiger partial charge on any atom is -0.297 e. The van der Waals surface area contributed by atoms with Gasteiger partial charge in [-0.2, -0.15) is 0 Å². The van der Waals surface area contributed by atoms with Gasteiger partial charge < -0.3 is 0 Å². The average molecular weight is 286 g/mol. The molecule has 1 fully saturated rings. The maximum absolute atomic E-state index is 13.1. The summed E-state index contributed by atoms with van der Waals surface area (Å²) in [6.07, 6.45) is 2.98. The molecule has 2 rings (SSSR count). The number of rotatable bonds is 4. The van der Waals surface area contributed by atoms with Crippen LogP contribution in [0.1, 0.15) is 18.4 Å². The highest BCUT2D eigenvalue weighted by molar-refractivity contribution is 7.88. The number of hydrogen-bond donors (Lipinski definition) is 1. The summed E-state index contributed by atoms with van der Waals surface area (Å²) < 4.78 is 38.2. The highest BCUT2D eigenvalue weighted by Gasteiger charge is 2.22. The van der Waals surface area contributed by atoms with Crippen LogP contribution in [0.4, 0.5) is 4.39 Å². The lowest BCUT2D eigenvalue weighted by molar-refractivity contribution is 0.194. The predicted molar refractivity (Wildman–Crippen MR) is 72.7 cm³/mol. The molecular weight excluding hydrogens is 267 g/mol. The normalized spacial score (nSPS) is 21.5. The van der Waals surface area contributed by atoms with Gasteiger partial charge >= 0.3 is 0 Å². The maximum atomic E-state index is 13.1. The number of nitrogens with zero attached hydrogens (tertiary/aromatic N) is 1. The van der Waals surface area contributed by atoms with Gasteiger partial charge in [0.05, 0.1) is 6.26 Å². The van der Waals surface area contributed by atoms with Crippen molar-refractivity contribution < 1.29 is 12.8 Å². The Morgan fingerprint density at radius 1 is 1.47 bits per heavy atom. The molecule has 0 radical (unpaired) electrons. The first-order valence-electron chi connectivity index (χ1n) is 6.36. The lowest BCUT2D eigenvalue weighted by atomic mass is 10.1. The van der Waals surface area contributed by atoms with E-state index in [1.165, 1.54) is 18.4 Å². The number of nitrogens with one attached hydrogen (secondary N) is 1. The summed E-state index contributed by atoms with van der Waals surface area (Å²) in [6, 6.07) is 6.48. The second-order valence-electron chi connectivity index (χ2n) is 5.09. The lowest BCUT2D eigenvalue weighted by Gasteiger charge is -2.32. The van der Waals surface area contributed by atoms with Gasteiger partial charge in [-0.15, -0.1) is 0 Å². The van der Waals surface area contributed by atoms with Crippen LogP contribution in [0.3, 0.4) is 0 Å². The minimum atomic E-state index is -3.16. The first kappa shape index (κ1) is 14.4. The SMILES string of the molecule is CS(=O)(=O)NC1CCCN(Cc2cccc(F)c2)C1. The molecule has 0 spiro atoms. The second-order valence-corrected chi connectivity index (χ2v) is 6.87. The minimum absolute atomic E-state index is 0.0442. The summed E-state index contributed by atoms with van der Waals surface area (Å²) in [5.74, 6) is -0.236. The maximum Gasteiger partial charge on any atom is 0.208 e. The van der Waals surface area contributed by atoms with Crippen LogP contribution < -0.4 is 4.72 Å². The van der Waals surface area contributed by atoms with Crippen molar-refractivity contribution in [1.82, 2.24) is 9.62 Å². The Labute approximate surface area is 113 Å². The van der Waals surface area contributed by atoms with Gasteiger partial charge in [0.1, 0.15) is 5.82 Å². The first-order chi connectivity index (χ1) is 8.92. The molecule has 1 N–H and O–H groups in total. The summed E-state index contributed by atoms with van der Waals surface area (Å²) >= 11 is 0. The Morgan fingerprint density at radius 3 is 2.95 bits per heavy atom. The van der Waals surface area contributed by atoms with Crippen LogP contribution in [-0.4, -0.2) is 38.7 Å². The molecule has 0 aliphatic carbocycles. The topological polar surface area (TPSA) is 49.4 Å². The average Bonchev–Trinajstić information content (AvgIpc) is 2.27. The lowest BCUT2D eigenvalue weighted by Crippen LogP contribution is -2.46. The van der Waals surface area contributed by atoms with Crippen molar-refractivity contribution in [2.75, 3.05) is 19.3 Å². The monoisotopic (exact) mass is 286 g/mol. The van der Waals surface area contributed by atoms with E-state index in [4.69, 9.17) is 0 Å². The third kappa shape index (κ3) is 4.89. The van der Waals surface area contributed by atoms with E-state index < -0.39 is 10.0 Å². The number of likely N-dealkylation sites (tertiary alicyclic amines) is 1. The second kappa shape index (κ2) is 5.98. The van der Waals surface area contributed by atoms with Gasteiger partial charge in [0.2, 0.25) is 10.0 Å². The Balaban J connectivity index is 1.94. The Kier molecular flexibility index (Phi) is 4.54. The molecule has 4 nitrogen and oxygen atoms in total. The zero-order valence-corrected chi connectivity index (χ0v) is 11.8. The summed E-state index contributed by atoms with van der Waals surface area (Å²) in [7, 11) is -3.16. The van der Waals surface area contributed by atoms with E-state index in [0.29, 0.717) is 13.1 Å². The van der Waals surface area contributed by atoms with Crippen LogP contribution in [0.5, 0.6) is 0 Å². The predicted octanol–water partition coefficient (Wildman–Crippen LogP) is 1.34. The van der Waals surface area contributed by atoms with Crippen LogP contribution in [0, 0.1) is 5.82 Å². The molecule has 1 saturated heterocycles. The van der Waals surface area contributed by atoms with Gasteiger partial charge in [-0.05, 0) is 37.1 Å². The zero-order chi connectivity index (χ0) is 13.9. The van der Waals surface area contributed by atoms with Crippen molar-refractivity contribution in [3.8, 4) is 0 Å². The fourth-order valence-electron chi connectivity index (χ4n) is 2.49. The zero-order valence-electron chi connectivity index (χ0n) is 11.0. The molecule has 0 saturated carbocycles. The molecule has 0 aromatic heterocycles. The number of sulfonamides is 1. The standard InChI is InChI=1S/C13H19FN2O2S/c1-19(17,18)15-13-6-3-7-16(10-13)9-11-4-2-5-12(14)8-11/h2,4-5,8,13,15H,3,6-7,9-10H2,1H3. The third-order valence-corrected chi connectivity index (χ3v) is 3.94. The molecule has 1 aliphatic rings. The summed E-state index contributed by atoms with van der Waals surface area (Å²) in [4.78, 5) is 2.15. The van der Waals surface area contributed by atoms with Crippen molar-refractivity contribution in [2.45, 2.75) is 25.4 Å². The fraction of sp³-hybridized carbons (Fsp3) is 0.538. The van der Waals surface area contributed by atoms with Crippen molar-refractivity contribution in [3.63, 3.8) is 0 Å². The van der Waals surface area contributed by atoms with Gasteiger partial charge in [0, 0.05) is 19.1 Å². The Hall–Kier alpha value is -0.980. The molecular formula is C13H19FN2O2S. The molecule has 1 unspecified atom stereocenters. The number of hydrogen-bond acceptors (Lipinski definition) is 3. The van der Waals surface area contributed by atoms with Crippen LogP contribution in [0.2, 0.25) is 0 Å². The highest BCUT2D eigenvalue weighted by Crippen LogP contribution is 2.14. The highest BCUT2D eigenvalue weighted by atomic mass is 32.2. The molecule has 1 aromatic carbocycles. The summed E-state index contributed by atoms with van der Waals surface area (Å²) in [6.45, 7) is 2.24. The van der Waals surface area contributed by atoms with Crippen molar-refractivity contribution in [1.29, 1.82) is 0 Å². The first-order valence-corrected chi connectivity index (χ1v) is 8.25. The van der Waals surface area contributed by atoms with E-state index in [-0.39, 0.29) is 11.9 Å². The number of piperidine rings is 1.